The highest BCUT2D eigenvalue weighted by molar-refractivity contribution is 7.47. The fraction of sp³-hybridized carbons (Fsp3) is 0.808. The van der Waals surface area contributed by atoms with E-state index < -0.39 is 26.5 Å². The number of allylic oxidation sites excluding steroid dienone is 8. The third-order valence-electron chi connectivity index (χ3n) is 11.0. The van der Waals surface area contributed by atoms with Gasteiger partial charge in [-0.1, -0.05) is 191 Å². The summed E-state index contributed by atoms with van der Waals surface area (Å²) < 4.78 is 34.3. The van der Waals surface area contributed by atoms with Crippen LogP contribution in [0.1, 0.15) is 213 Å². The molecule has 0 rings (SSSR count). The second kappa shape index (κ2) is 43.8. The third-order valence-corrected chi connectivity index (χ3v) is 12.0. The summed E-state index contributed by atoms with van der Waals surface area (Å²) in [5.74, 6) is -0.876. The molecule has 0 radical (unpaired) electrons. The Morgan fingerprint density at radius 2 is 0.984 bits per heavy atom. The number of aliphatic hydroxyl groups excluding tert-OH is 1. The van der Waals surface area contributed by atoms with Crippen molar-refractivity contribution in [3.63, 3.8) is 0 Å². The van der Waals surface area contributed by atoms with Gasteiger partial charge in [-0.3, -0.25) is 18.6 Å². The quantitative estimate of drug-likeness (QED) is 0.0202. The van der Waals surface area contributed by atoms with E-state index in [-0.39, 0.29) is 38.1 Å². The molecule has 0 saturated heterocycles. The van der Waals surface area contributed by atoms with Crippen LogP contribution in [0.15, 0.2) is 48.6 Å². The van der Waals surface area contributed by atoms with Crippen molar-refractivity contribution in [2.45, 2.75) is 225 Å². The second-order valence-corrected chi connectivity index (χ2v) is 19.8. The average molecular weight is 911 g/mol. The molecule has 0 aromatic heterocycles. The molecule has 0 saturated carbocycles. The lowest BCUT2D eigenvalue weighted by molar-refractivity contribution is -0.870. The second-order valence-electron chi connectivity index (χ2n) is 18.4. The van der Waals surface area contributed by atoms with Crippen LogP contribution in [0.25, 0.3) is 0 Å². The van der Waals surface area contributed by atoms with E-state index in [1.807, 2.05) is 34.1 Å². The lowest BCUT2D eigenvalue weighted by atomic mass is 10.0. The first-order chi connectivity index (χ1) is 30.4. The minimum absolute atomic E-state index is 0.0151. The predicted octanol–water partition coefficient (Wildman–Crippen LogP) is 14.0. The van der Waals surface area contributed by atoms with Gasteiger partial charge in [0.2, 0.25) is 0 Å². The van der Waals surface area contributed by atoms with Crippen molar-refractivity contribution in [3.8, 4) is 0 Å². The van der Waals surface area contributed by atoms with E-state index in [0.717, 1.165) is 57.8 Å². The van der Waals surface area contributed by atoms with E-state index in [1.54, 1.807) is 0 Å². The van der Waals surface area contributed by atoms with Gasteiger partial charge in [0, 0.05) is 12.8 Å². The van der Waals surface area contributed by atoms with E-state index in [4.69, 9.17) is 18.5 Å². The van der Waals surface area contributed by atoms with Gasteiger partial charge in [0.25, 0.3) is 0 Å². The minimum atomic E-state index is -4.40. The molecule has 0 aliphatic rings. The Kier molecular flexibility index (Phi) is 42.4. The number of nitrogens with zero attached hydrogens (tertiary/aromatic N) is 1. The topological polar surface area (TPSA) is 129 Å². The molecule has 0 aromatic rings. The van der Waals surface area contributed by atoms with Crippen molar-refractivity contribution in [2.24, 2.45) is 0 Å². The van der Waals surface area contributed by atoms with Crippen LogP contribution in [-0.4, -0.2) is 86.1 Å². The predicted molar refractivity (Wildman–Crippen MR) is 263 cm³/mol. The Bertz CT molecular complexity index is 1230. The van der Waals surface area contributed by atoms with Gasteiger partial charge in [0.05, 0.1) is 33.9 Å². The molecule has 368 valence electrons. The molecular formula is C52H97NO9P+. The lowest BCUT2D eigenvalue weighted by Crippen LogP contribution is -2.37. The van der Waals surface area contributed by atoms with E-state index in [9.17, 15) is 24.2 Å². The number of carbonyl (C=O) groups excluding carboxylic acids is 2. The number of hydrogen-bond acceptors (Lipinski definition) is 8. The van der Waals surface area contributed by atoms with E-state index >= 15 is 0 Å². The molecule has 0 aliphatic carbocycles. The molecule has 0 aromatic carbocycles. The Morgan fingerprint density at radius 1 is 0.556 bits per heavy atom. The number of phosphoric acid groups is 1. The molecular weight excluding hydrogens is 814 g/mol. The maximum absolute atomic E-state index is 12.7. The molecule has 0 aliphatic heterocycles. The number of quaternary nitrogens is 1. The smallest absolute Gasteiger partial charge is 0.462 e. The maximum atomic E-state index is 12.7. The van der Waals surface area contributed by atoms with Gasteiger partial charge in [-0.05, 0) is 57.8 Å². The summed E-state index contributed by atoms with van der Waals surface area (Å²) in [4.78, 5) is 35.5. The molecule has 2 N–H and O–H groups in total. The van der Waals surface area contributed by atoms with Crippen LogP contribution in [-0.2, 0) is 32.7 Å². The van der Waals surface area contributed by atoms with Crippen LogP contribution < -0.4 is 0 Å². The largest absolute Gasteiger partial charge is 0.472 e. The summed E-state index contributed by atoms with van der Waals surface area (Å²) in [6, 6.07) is 0. The van der Waals surface area contributed by atoms with Crippen molar-refractivity contribution in [1.82, 2.24) is 0 Å². The zero-order valence-electron chi connectivity index (χ0n) is 41.2. The van der Waals surface area contributed by atoms with Crippen molar-refractivity contribution in [3.05, 3.63) is 48.6 Å². The minimum Gasteiger partial charge on any atom is -0.462 e. The standard InChI is InChI=1S/C52H96NO9P/c1-6-8-9-10-11-12-13-14-15-16-17-18-19-20-21-25-28-31-34-37-40-43-51(55)59-47-50(48-61-63(57,58)60-46-45-53(3,4)5)62-52(56)44-41-38-35-32-29-26-23-22-24-27-30-33-36-39-42-49(54)7-2/h23-24,26-27,32-33,35-36,49-50,54H,6-22,25,28-31,34,37-48H2,1-5H3/p+1/b26-23-,27-24-,35-32-,36-33-/t49-,50-/m1/s1. The van der Waals surface area contributed by atoms with Crippen LogP contribution in [0.5, 0.6) is 0 Å². The van der Waals surface area contributed by atoms with Crippen LogP contribution in [0.4, 0.5) is 0 Å². The highest BCUT2D eigenvalue weighted by atomic mass is 31.2. The number of ether oxygens (including phenoxy) is 2. The number of hydrogen-bond donors (Lipinski definition) is 2. The number of likely N-dealkylation sites (N-methyl/N-ethyl adjacent to an activating group) is 1. The number of rotatable bonds is 46. The van der Waals surface area contributed by atoms with Crippen LogP contribution in [0.2, 0.25) is 0 Å². The SMILES string of the molecule is CCCCCCCCCCCCCCCCCCCCCCCC(=O)OC[C@H](COP(=O)(O)OCC[N+](C)(C)C)OC(=O)CCC/C=C\C/C=C\C/C=C\C/C=C\CC[C@H](O)CC. The molecule has 3 atom stereocenters. The van der Waals surface area contributed by atoms with Gasteiger partial charge in [-0.25, -0.2) is 4.57 Å². The van der Waals surface area contributed by atoms with Gasteiger partial charge < -0.3 is 24.0 Å². The van der Waals surface area contributed by atoms with E-state index in [0.29, 0.717) is 23.9 Å². The lowest BCUT2D eigenvalue weighted by Gasteiger charge is -2.24. The molecule has 11 heteroatoms. The van der Waals surface area contributed by atoms with Crippen LogP contribution in [0.3, 0.4) is 0 Å². The van der Waals surface area contributed by atoms with Gasteiger partial charge in [0.15, 0.2) is 6.10 Å². The summed E-state index contributed by atoms with van der Waals surface area (Å²) >= 11 is 0. The summed E-state index contributed by atoms with van der Waals surface area (Å²) in [5.41, 5.74) is 0. The highest BCUT2D eigenvalue weighted by Crippen LogP contribution is 2.43. The summed E-state index contributed by atoms with van der Waals surface area (Å²) in [5, 5.41) is 9.58. The summed E-state index contributed by atoms with van der Waals surface area (Å²) in [6.07, 6.45) is 49.8. The Hall–Kier alpha value is -2.07. The Morgan fingerprint density at radius 3 is 1.44 bits per heavy atom. The maximum Gasteiger partial charge on any atom is 0.472 e. The van der Waals surface area contributed by atoms with Gasteiger partial charge >= 0.3 is 19.8 Å². The molecule has 1 unspecified atom stereocenters. The Balaban J connectivity index is 4.32. The van der Waals surface area contributed by atoms with Crippen molar-refractivity contribution in [2.75, 3.05) is 47.5 Å². The van der Waals surface area contributed by atoms with Gasteiger partial charge in [-0.2, -0.15) is 0 Å². The number of carbonyl (C=O) groups is 2. The first-order valence-corrected chi connectivity index (χ1v) is 26.9. The Labute approximate surface area is 386 Å². The van der Waals surface area contributed by atoms with Crippen LogP contribution >= 0.6 is 7.82 Å². The molecule has 0 fully saturated rings. The molecule has 63 heavy (non-hydrogen) atoms. The van der Waals surface area contributed by atoms with E-state index in [2.05, 4.69) is 49.5 Å². The number of aliphatic hydroxyl groups is 1. The zero-order chi connectivity index (χ0) is 46.5. The van der Waals surface area contributed by atoms with Crippen molar-refractivity contribution in [1.29, 1.82) is 0 Å². The van der Waals surface area contributed by atoms with Crippen molar-refractivity contribution >= 4 is 19.8 Å². The van der Waals surface area contributed by atoms with Gasteiger partial charge in [0.1, 0.15) is 19.8 Å². The van der Waals surface area contributed by atoms with Crippen molar-refractivity contribution < 1.29 is 47.2 Å². The number of esters is 2. The molecule has 10 nitrogen and oxygen atoms in total. The van der Waals surface area contributed by atoms with E-state index in [1.165, 1.54) is 116 Å². The molecule has 0 heterocycles. The first kappa shape index (κ1) is 60.9. The fourth-order valence-electron chi connectivity index (χ4n) is 6.87. The molecule has 0 amide bonds. The number of unbranched alkanes of at least 4 members (excludes halogenated alkanes) is 21. The normalized spacial score (nSPS) is 14.3. The van der Waals surface area contributed by atoms with Gasteiger partial charge in [-0.15, -0.1) is 0 Å². The van der Waals surface area contributed by atoms with Crippen LogP contribution in [0, 0.1) is 0 Å². The third kappa shape index (κ3) is 47.7. The zero-order valence-corrected chi connectivity index (χ0v) is 42.1. The molecule has 0 bridgehead atoms. The highest BCUT2D eigenvalue weighted by Gasteiger charge is 2.27. The summed E-state index contributed by atoms with van der Waals surface area (Å²) in [6.45, 7) is 4.09. The fourth-order valence-corrected chi connectivity index (χ4v) is 7.61. The summed E-state index contributed by atoms with van der Waals surface area (Å²) in [7, 11) is 1.42. The first-order valence-electron chi connectivity index (χ1n) is 25.4. The monoisotopic (exact) mass is 911 g/mol. The molecule has 0 spiro atoms. The average Bonchev–Trinajstić information content (AvgIpc) is 3.24. The number of phosphoric ester groups is 1.